The summed E-state index contributed by atoms with van der Waals surface area (Å²) in [5.74, 6) is 0.488. The molecule has 0 saturated heterocycles. The van der Waals surface area contributed by atoms with Crippen LogP contribution in [0.5, 0.6) is 5.75 Å². The van der Waals surface area contributed by atoms with E-state index in [-0.39, 0.29) is 12.0 Å². The van der Waals surface area contributed by atoms with E-state index >= 15 is 0 Å². The van der Waals surface area contributed by atoms with Gasteiger partial charge in [0.05, 0.1) is 6.10 Å². The third kappa shape index (κ3) is 3.51. The fourth-order valence-corrected chi connectivity index (χ4v) is 2.37. The van der Waals surface area contributed by atoms with Crippen LogP contribution >= 0.6 is 0 Å². The van der Waals surface area contributed by atoms with Gasteiger partial charge in [0.15, 0.2) is 0 Å². The maximum atomic E-state index is 12.1. The molecular formula is C16H23NO3. The summed E-state index contributed by atoms with van der Waals surface area (Å²) < 4.78 is 5.68. The number of hydrogen-bond donors (Lipinski definition) is 2. The number of anilines is 1. The lowest BCUT2D eigenvalue weighted by atomic mass is 10.0. The molecule has 1 unspecified atom stereocenters. The van der Waals surface area contributed by atoms with Crippen molar-refractivity contribution < 1.29 is 14.6 Å². The number of hydrogen-bond acceptors (Lipinski definition) is 3. The van der Waals surface area contributed by atoms with Crippen molar-refractivity contribution in [2.75, 3.05) is 5.32 Å². The Morgan fingerprint density at radius 2 is 1.95 bits per heavy atom. The van der Waals surface area contributed by atoms with Crippen molar-refractivity contribution in [2.24, 2.45) is 0 Å². The first kappa shape index (κ1) is 14.9. The molecule has 0 radical (unpaired) electrons. The minimum absolute atomic E-state index is 0.176. The van der Waals surface area contributed by atoms with E-state index in [1.807, 2.05) is 19.1 Å². The van der Waals surface area contributed by atoms with Gasteiger partial charge in [0.2, 0.25) is 0 Å². The summed E-state index contributed by atoms with van der Waals surface area (Å²) in [6.45, 7) is 4.09. The molecular weight excluding hydrogens is 254 g/mol. The van der Waals surface area contributed by atoms with Crippen LogP contribution in [0.15, 0.2) is 24.3 Å². The van der Waals surface area contributed by atoms with Crippen molar-refractivity contribution in [3.05, 3.63) is 24.3 Å². The summed E-state index contributed by atoms with van der Waals surface area (Å²) in [6, 6.07) is 7.27. The van der Waals surface area contributed by atoms with Gasteiger partial charge in [-0.1, -0.05) is 6.92 Å². The summed E-state index contributed by atoms with van der Waals surface area (Å²) in [7, 11) is 0. The van der Waals surface area contributed by atoms with E-state index in [0.717, 1.165) is 25.0 Å². The zero-order chi connectivity index (χ0) is 14.6. The number of aliphatic hydroxyl groups is 1. The lowest BCUT2D eigenvalue weighted by Crippen LogP contribution is -2.40. The molecule has 4 nitrogen and oxygen atoms in total. The van der Waals surface area contributed by atoms with Gasteiger partial charge in [-0.15, -0.1) is 0 Å². The van der Waals surface area contributed by atoms with Gasteiger partial charge in [-0.25, -0.2) is 0 Å². The van der Waals surface area contributed by atoms with Crippen LogP contribution in [-0.2, 0) is 4.79 Å². The molecule has 2 N–H and O–H groups in total. The van der Waals surface area contributed by atoms with Crippen LogP contribution in [0.1, 0.15) is 46.0 Å². The normalized spacial score (nSPS) is 18.6. The molecule has 0 bridgehead atoms. The third-order valence-corrected chi connectivity index (χ3v) is 3.88. The number of carbonyl (C=O) groups is 1. The van der Waals surface area contributed by atoms with Gasteiger partial charge in [-0.3, -0.25) is 4.79 Å². The van der Waals surface area contributed by atoms with Crippen molar-refractivity contribution in [3.63, 3.8) is 0 Å². The average Bonchev–Trinajstić information content (AvgIpc) is 2.89. The van der Waals surface area contributed by atoms with Gasteiger partial charge in [0, 0.05) is 5.69 Å². The highest BCUT2D eigenvalue weighted by atomic mass is 16.5. The van der Waals surface area contributed by atoms with Gasteiger partial charge >= 0.3 is 0 Å². The minimum atomic E-state index is -1.19. The molecule has 0 heterocycles. The topological polar surface area (TPSA) is 58.6 Å². The van der Waals surface area contributed by atoms with Crippen LogP contribution in [0, 0.1) is 0 Å². The largest absolute Gasteiger partial charge is 0.491 e. The van der Waals surface area contributed by atoms with Crippen molar-refractivity contribution >= 4 is 11.6 Å². The molecule has 0 aromatic heterocycles. The van der Waals surface area contributed by atoms with E-state index in [9.17, 15) is 9.90 Å². The highest BCUT2D eigenvalue weighted by Crippen LogP contribution is 2.30. The molecule has 4 heteroatoms. The fraction of sp³-hybridized carbons (Fsp3) is 0.562. The molecule has 1 fully saturated rings. The number of benzene rings is 1. The van der Waals surface area contributed by atoms with Crippen molar-refractivity contribution in [3.8, 4) is 5.75 Å². The Balaban J connectivity index is 1.95. The molecule has 1 aliphatic carbocycles. The molecule has 1 aromatic carbocycles. The molecule has 1 saturated carbocycles. The number of rotatable bonds is 5. The lowest BCUT2D eigenvalue weighted by molar-refractivity contribution is -0.133. The molecule has 1 amide bonds. The Hall–Kier alpha value is -1.55. The first-order chi connectivity index (χ1) is 9.53. The van der Waals surface area contributed by atoms with E-state index in [2.05, 4.69) is 12.2 Å². The summed E-state index contributed by atoms with van der Waals surface area (Å²) in [4.78, 5) is 12.1. The quantitative estimate of drug-likeness (QED) is 0.869. The van der Waals surface area contributed by atoms with Crippen LogP contribution < -0.4 is 10.1 Å². The van der Waals surface area contributed by atoms with E-state index in [1.165, 1.54) is 0 Å². The van der Waals surface area contributed by atoms with E-state index in [4.69, 9.17) is 4.74 Å². The van der Waals surface area contributed by atoms with Gasteiger partial charge in [0.25, 0.3) is 5.91 Å². The Morgan fingerprint density at radius 3 is 2.50 bits per heavy atom. The molecule has 0 spiro atoms. The molecule has 1 aromatic rings. The third-order valence-electron chi connectivity index (χ3n) is 3.88. The highest BCUT2D eigenvalue weighted by Gasteiger charge is 2.38. The molecule has 2 rings (SSSR count). The predicted octanol–water partition coefficient (Wildman–Crippen LogP) is 3.11. The smallest absolute Gasteiger partial charge is 0.256 e. The summed E-state index contributed by atoms with van der Waals surface area (Å²) >= 11 is 0. The van der Waals surface area contributed by atoms with Crippen molar-refractivity contribution in [1.82, 2.24) is 0 Å². The maximum Gasteiger partial charge on any atom is 0.256 e. The van der Waals surface area contributed by atoms with Gasteiger partial charge < -0.3 is 15.2 Å². The van der Waals surface area contributed by atoms with Crippen LogP contribution in [0.4, 0.5) is 5.69 Å². The number of ether oxygens (including phenoxy) is 1. The monoisotopic (exact) mass is 277 g/mol. The van der Waals surface area contributed by atoms with E-state index in [0.29, 0.717) is 18.5 Å². The predicted molar refractivity (Wildman–Crippen MR) is 78.9 cm³/mol. The zero-order valence-electron chi connectivity index (χ0n) is 12.2. The molecule has 0 aliphatic heterocycles. The minimum Gasteiger partial charge on any atom is -0.491 e. The van der Waals surface area contributed by atoms with Gasteiger partial charge in [-0.05, 0) is 63.3 Å². The first-order valence-corrected chi connectivity index (χ1v) is 7.34. The first-order valence-electron chi connectivity index (χ1n) is 7.34. The second-order valence-electron chi connectivity index (χ2n) is 5.55. The van der Waals surface area contributed by atoms with Gasteiger partial charge in [0.1, 0.15) is 11.4 Å². The van der Waals surface area contributed by atoms with Crippen LogP contribution in [0.3, 0.4) is 0 Å². The van der Waals surface area contributed by atoms with Crippen LogP contribution in [-0.4, -0.2) is 22.7 Å². The number of nitrogens with one attached hydrogen (secondary N) is 1. The summed E-state index contributed by atoms with van der Waals surface area (Å²) in [5.41, 5.74) is -0.502. The van der Waals surface area contributed by atoms with Crippen molar-refractivity contribution in [1.29, 1.82) is 0 Å². The summed E-state index contributed by atoms with van der Waals surface area (Å²) in [6.07, 6.45) is 4.04. The van der Waals surface area contributed by atoms with Gasteiger partial charge in [-0.2, -0.15) is 0 Å². The molecule has 1 aliphatic rings. The highest BCUT2D eigenvalue weighted by molar-refractivity contribution is 5.97. The Morgan fingerprint density at radius 1 is 1.35 bits per heavy atom. The standard InChI is InChI=1S/C16H23NO3/c1-3-12(2)20-14-8-6-13(7-9-14)17-15(18)16(19)10-4-5-11-16/h6-9,12,19H,3-5,10-11H2,1-2H3,(H,17,18). The molecule has 20 heavy (non-hydrogen) atoms. The zero-order valence-corrected chi connectivity index (χ0v) is 12.2. The molecule has 110 valence electrons. The lowest BCUT2D eigenvalue weighted by Gasteiger charge is -2.21. The molecule has 1 atom stereocenters. The Kier molecular flexibility index (Phi) is 4.65. The number of amides is 1. The second kappa shape index (κ2) is 6.27. The fourth-order valence-electron chi connectivity index (χ4n) is 2.37. The van der Waals surface area contributed by atoms with Crippen LogP contribution in [0.2, 0.25) is 0 Å². The number of carbonyl (C=O) groups excluding carboxylic acids is 1. The summed E-state index contributed by atoms with van der Waals surface area (Å²) in [5, 5.41) is 13.0. The van der Waals surface area contributed by atoms with Crippen molar-refractivity contribution in [2.45, 2.75) is 57.7 Å². The Bertz CT molecular complexity index is 449. The van der Waals surface area contributed by atoms with E-state index < -0.39 is 5.60 Å². The maximum absolute atomic E-state index is 12.1. The second-order valence-corrected chi connectivity index (χ2v) is 5.55. The Labute approximate surface area is 120 Å². The average molecular weight is 277 g/mol. The SMILES string of the molecule is CCC(C)Oc1ccc(NC(=O)C2(O)CCCC2)cc1. The van der Waals surface area contributed by atoms with E-state index in [1.54, 1.807) is 12.1 Å². The van der Waals surface area contributed by atoms with Crippen LogP contribution in [0.25, 0.3) is 0 Å².